The molecule has 0 radical (unpaired) electrons. The number of hydrogen-bond acceptors (Lipinski definition) is 2. The van der Waals surface area contributed by atoms with Crippen molar-refractivity contribution in [2.75, 3.05) is 11.9 Å². The molecule has 4 aliphatic rings. The topological polar surface area (TPSA) is 32.3 Å². The van der Waals surface area contributed by atoms with Crippen LogP contribution in [0.2, 0.25) is 0 Å². The second-order valence-corrected chi connectivity index (χ2v) is 7.25. The van der Waals surface area contributed by atoms with Crippen molar-refractivity contribution in [1.82, 2.24) is 5.32 Å². The van der Waals surface area contributed by atoms with E-state index in [0.29, 0.717) is 11.3 Å². The van der Waals surface area contributed by atoms with E-state index >= 15 is 0 Å². The fourth-order valence-electron chi connectivity index (χ4n) is 4.42. The number of rotatable bonds is 1. The van der Waals surface area contributed by atoms with Gasteiger partial charge in [-0.3, -0.25) is 4.79 Å². The summed E-state index contributed by atoms with van der Waals surface area (Å²) in [5.41, 5.74) is 3.60. The number of fused-ring (bicyclic) bond motifs is 2. The normalized spacial score (nSPS) is 32.7. The van der Waals surface area contributed by atoms with Crippen LogP contribution >= 0.6 is 0 Å². The molecular formula is C18H22N2O. The van der Waals surface area contributed by atoms with Crippen LogP contribution in [0.4, 0.5) is 5.69 Å². The molecular weight excluding hydrogens is 260 g/mol. The quantitative estimate of drug-likeness (QED) is 0.802. The summed E-state index contributed by atoms with van der Waals surface area (Å²) in [6.45, 7) is 4.74. The van der Waals surface area contributed by atoms with Crippen LogP contribution < -0.4 is 10.2 Å². The molecule has 0 spiro atoms. The Morgan fingerprint density at radius 1 is 1.29 bits per heavy atom. The number of amides is 1. The molecule has 21 heavy (non-hydrogen) atoms. The van der Waals surface area contributed by atoms with Gasteiger partial charge in [0.25, 0.3) is 5.91 Å². The first-order valence-corrected chi connectivity index (χ1v) is 7.83. The highest BCUT2D eigenvalue weighted by atomic mass is 16.2. The molecule has 1 aliphatic heterocycles. The number of benzene rings is 1. The first kappa shape index (κ1) is 12.9. The van der Waals surface area contributed by atoms with Crippen molar-refractivity contribution in [2.45, 2.75) is 32.9 Å². The largest absolute Gasteiger partial charge is 0.350 e. The Kier molecular flexibility index (Phi) is 2.54. The van der Waals surface area contributed by atoms with Gasteiger partial charge in [0.05, 0.1) is 11.3 Å². The maximum Gasteiger partial charge on any atom is 0.255 e. The Balaban J connectivity index is 1.72. The molecule has 1 aromatic carbocycles. The maximum absolute atomic E-state index is 12.4. The first-order chi connectivity index (χ1) is 10.00. The predicted molar refractivity (Wildman–Crippen MR) is 84.2 cm³/mol. The van der Waals surface area contributed by atoms with Crippen molar-refractivity contribution < 1.29 is 4.79 Å². The average Bonchev–Trinajstić information content (AvgIpc) is 2.50. The number of hydrogen-bond donors (Lipinski definition) is 1. The van der Waals surface area contributed by atoms with Crippen LogP contribution in [0.5, 0.6) is 0 Å². The van der Waals surface area contributed by atoms with Crippen molar-refractivity contribution in [2.24, 2.45) is 17.3 Å². The summed E-state index contributed by atoms with van der Waals surface area (Å²) in [7, 11) is 2.08. The molecule has 1 amide bonds. The number of allylic oxidation sites excluding steroid dienone is 1. The Labute approximate surface area is 126 Å². The van der Waals surface area contributed by atoms with Gasteiger partial charge in [-0.25, -0.2) is 0 Å². The molecule has 1 saturated carbocycles. The van der Waals surface area contributed by atoms with Crippen LogP contribution in [0.15, 0.2) is 35.9 Å². The molecule has 3 heteroatoms. The van der Waals surface area contributed by atoms with E-state index in [1.807, 2.05) is 24.3 Å². The van der Waals surface area contributed by atoms with Gasteiger partial charge in [0.2, 0.25) is 0 Å². The Bertz CT molecular complexity index is 646. The predicted octanol–water partition coefficient (Wildman–Crippen LogP) is 3.18. The third kappa shape index (κ3) is 1.63. The summed E-state index contributed by atoms with van der Waals surface area (Å²) in [4.78, 5) is 14.6. The molecule has 1 fully saturated rings. The van der Waals surface area contributed by atoms with E-state index in [4.69, 9.17) is 0 Å². The summed E-state index contributed by atoms with van der Waals surface area (Å²) in [5, 5.41) is 3.20. The molecule has 3 atom stereocenters. The van der Waals surface area contributed by atoms with E-state index in [9.17, 15) is 4.79 Å². The lowest BCUT2D eigenvalue weighted by Gasteiger charge is -2.58. The average molecular weight is 282 g/mol. The van der Waals surface area contributed by atoms with Gasteiger partial charge in [-0.1, -0.05) is 32.1 Å². The van der Waals surface area contributed by atoms with Gasteiger partial charge in [-0.05, 0) is 47.8 Å². The van der Waals surface area contributed by atoms with Crippen LogP contribution in [0, 0.1) is 17.3 Å². The Morgan fingerprint density at radius 2 is 2.05 bits per heavy atom. The molecule has 3 nitrogen and oxygen atoms in total. The molecule has 1 heterocycles. The van der Waals surface area contributed by atoms with Crippen molar-refractivity contribution in [3.05, 3.63) is 41.5 Å². The summed E-state index contributed by atoms with van der Waals surface area (Å²) in [5.74, 6) is 1.48. The lowest BCUT2D eigenvalue weighted by atomic mass is 9.48. The third-order valence-electron chi connectivity index (χ3n) is 6.01. The summed E-state index contributed by atoms with van der Waals surface area (Å²) in [6.07, 6.45) is 4.82. The minimum Gasteiger partial charge on any atom is -0.350 e. The number of likely N-dealkylation sites (N-methyl/N-ethyl adjacent to an activating group) is 1. The maximum atomic E-state index is 12.4. The van der Waals surface area contributed by atoms with E-state index < -0.39 is 0 Å². The zero-order valence-corrected chi connectivity index (χ0v) is 12.9. The Morgan fingerprint density at radius 3 is 2.76 bits per heavy atom. The van der Waals surface area contributed by atoms with Crippen molar-refractivity contribution in [1.29, 1.82) is 0 Å². The van der Waals surface area contributed by atoms with Crippen molar-refractivity contribution in [3.63, 3.8) is 0 Å². The van der Waals surface area contributed by atoms with Gasteiger partial charge < -0.3 is 10.2 Å². The fraction of sp³-hybridized carbons (Fsp3) is 0.500. The van der Waals surface area contributed by atoms with Crippen LogP contribution in [0.25, 0.3) is 0 Å². The lowest BCUT2D eigenvalue weighted by molar-refractivity contribution is -0.0109. The molecule has 2 bridgehead atoms. The summed E-state index contributed by atoms with van der Waals surface area (Å²) >= 11 is 0. The number of carbonyl (C=O) groups excluding carboxylic acids is 1. The molecule has 3 aliphatic carbocycles. The van der Waals surface area contributed by atoms with E-state index in [1.165, 1.54) is 12.0 Å². The second-order valence-electron chi connectivity index (χ2n) is 7.25. The second kappa shape index (κ2) is 4.12. The third-order valence-corrected chi connectivity index (χ3v) is 6.01. The fourth-order valence-corrected chi connectivity index (χ4v) is 4.42. The SMILES string of the molecule is CN1c2ccccc2C(=O)N[C@@H]1C1=CC[C@H]2C[C@H]1C2(C)C. The number of para-hydroxylation sites is 1. The van der Waals surface area contributed by atoms with Crippen LogP contribution in [-0.2, 0) is 0 Å². The van der Waals surface area contributed by atoms with Crippen LogP contribution in [-0.4, -0.2) is 19.1 Å². The minimum absolute atomic E-state index is 0.0120. The van der Waals surface area contributed by atoms with Crippen LogP contribution in [0.3, 0.4) is 0 Å². The summed E-state index contributed by atoms with van der Waals surface area (Å²) in [6, 6.07) is 7.87. The highest BCUT2D eigenvalue weighted by molar-refractivity contribution is 6.02. The first-order valence-electron chi connectivity index (χ1n) is 7.83. The molecule has 110 valence electrons. The summed E-state index contributed by atoms with van der Waals surface area (Å²) < 4.78 is 0. The standard InChI is InChI=1S/C18H22N2O/c1-18(2)11-8-9-12(14(18)10-11)16-19-17(21)13-6-4-5-7-15(13)20(16)3/h4-7,9,11,14,16H,8,10H2,1-3H3,(H,19,21)/t11-,14+,16-/m0/s1. The molecule has 0 unspecified atom stereocenters. The van der Waals surface area contributed by atoms with E-state index in [0.717, 1.165) is 23.6 Å². The molecule has 1 N–H and O–H groups in total. The number of anilines is 1. The molecule has 5 rings (SSSR count). The zero-order chi connectivity index (χ0) is 14.8. The monoisotopic (exact) mass is 282 g/mol. The molecule has 0 aromatic heterocycles. The molecule has 1 aromatic rings. The van der Waals surface area contributed by atoms with Gasteiger partial charge in [-0.2, -0.15) is 0 Å². The van der Waals surface area contributed by atoms with Gasteiger partial charge >= 0.3 is 0 Å². The molecule has 0 saturated heterocycles. The van der Waals surface area contributed by atoms with Gasteiger partial charge in [0, 0.05) is 7.05 Å². The minimum atomic E-state index is 0.0120. The van der Waals surface area contributed by atoms with Crippen molar-refractivity contribution in [3.8, 4) is 0 Å². The zero-order valence-electron chi connectivity index (χ0n) is 12.9. The Hall–Kier alpha value is -1.77. The van der Waals surface area contributed by atoms with E-state index in [2.05, 4.69) is 37.2 Å². The van der Waals surface area contributed by atoms with Crippen LogP contribution in [0.1, 0.15) is 37.0 Å². The highest BCUT2D eigenvalue weighted by Crippen LogP contribution is 2.60. The van der Waals surface area contributed by atoms with Gasteiger partial charge in [-0.15, -0.1) is 0 Å². The van der Waals surface area contributed by atoms with Gasteiger partial charge in [0.15, 0.2) is 0 Å². The van der Waals surface area contributed by atoms with E-state index in [-0.39, 0.29) is 12.1 Å². The number of carbonyl (C=O) groups is 1. The number of nitrogens with one attached hydrogen (secondary N) is 1. The van der Waals surface area contributed by atoms with Gasteiger partial charge in [0.1, 0.15) is 6.17 Å². The lowest BCUT2D eigenvalue weighted by Crippen LogP contribution is -2.58. The van der Waals surface area contributed by atoms with E-state index in [1.54, 1.807) is 0 Å². The smallest absolute Gasteiger partial charge is 0.255 e. The highest BCUT2D eigenvalue weighted by Gasteiger charge is 2.53. The van der Waals surface area contributed by atoms with Crippen molar-refractivity contribution >= 4 is 11.6 Å². The number of nitrogens with zero attached hydrogens (tertiary/aromatic N) is 1.